The number of carbonyl (C=O) groups is 1. The highest BCUT2D eigenvalue weighted by Gasteiger charge is 2.29. The number of para-hydroxylation sites is 1. The Hall–Kier alpha value is -2.86. The molecule has 1 amide bonds. The van der Waals surface area contributed by atoms with Crippen LogP contribution in [-0.4, -0.2) is 41.1 Å². The Bertz CT molecular complexity index is 988. The Morgan fingerprint density at radius 3 is 2.93 bits per heavy atom. The molecule has 1 aliphatic rings. The molecule has 0 aliphatic carbocycles. The first-order chi connectivity index (χ1) is 13.7. The van der Waals surface area contributed by atoms with Crippen LogP contribution in [0.4, 0.5) is 0 Å². The standard InChI is InChI=1S/C21H20ClN3O3/c1-27-18-10-3-2-9-17(18)20-23-19(24-28-20)15-7-5-11-25(13-15)21(26)14-6-4-8-16(22)12-14/h2-4,6,8-10,12,15H,5,7,11,13H2,1H3. The van der Waals surface area contributed by atoms with E-state index in [1.807, 2.05) is 29.2 Å². The molecule has 0 N–H and O–H groups in total. The van der Waals surface area contributed by atoms with Crippen molar-refractivity contribution in [3.63, 3.8) is 0 Å². The molecule has 1 aliphatic heterocycles. The number of rotatable bonds is 4. The Morgan fingerprint density at radius 2 is 2.11 bits per heavy atom. The van der Waals surface area contributed by atoms with E-state index in [1.165, 1.54) is 0 Å². The molecule has 1 fully saturated rings. The minimum atomic E-state index is -0.0272. The summed E-state index contributed by atoms with van der Waals surface area (Å²) in [5.41, 5.74) is 1.35. The van der Waals surface area contributed by atoms with E-state index in [1.54, 1.807) is 31.4 Å². The highest BCUT2D eigenvalue weighted by molar-refractivity contribution is 6.30. The minimum Gasteiger partial charge on any atom is -0.496 e. The van der Waals surface area contributed by atoms with E-state index in [9.17, 15) is 4.79 Å². The van der Waals surface area contributed by atoms with Crippen molar-refractivity contribution in [2.24, 2.45) is 0 Å². The molecule has 4 rings (SSSR count). The number of hydrogen-bond acceptors (Lipinski definition) is 5. The van der Waals surface area contributed by atoms with Gasteiger partial charge in [-0.2, -0.15) is 4.98 Å². The van der Waals surface area contributed by atoms with E-state index in [0.717, 1.165) is 18.4 Å². The molecule has 2 heterocycles. The van der Waals surface area contributed by atoms with Crippen molar-refractivity contribution < 1.29 is 14.1 Å². The largest absolute Gasteiger partial charge is 0.496 e. The van der Waals surface area contributed by atoms with E-state index >= 15 is 0 Å². The van der Waals surface area contributed by atoms with Gasteiger partial charge in [0.05, 0.1) is 12.7 Å². The van der Waals surface area contributed by atoms with E-state index in [2.05, 4.69) is 10.1 Å². The Balaban J connectivity index is 1.52. The first-order valence-electron chi connectivity index (χ1n) is 9.17. The zero-order chi connectivity index (χ0) is 19.5. The van der Waals surface area contributed by atoms with Crippen LogP contribution in [0.15, 0.2) is 53.1 Å². The van der Waals surface area contributed by atoms with Crippen LogP contribution >= 0.6 is 11.6 Å². The Labute approximate surface area is 168 Å². The van der Waals surface area contributed by atoms with Gasteiger partial charge in [0.2, 0.25) is 0 Å². The summed E-state index contributed by atoms with van der Waals surface area (Å²) in [6.45, 7) is 1.26. The molecule has 0 bridgehead atoms. The molecule has 6 nitrogen and oxygen atoms in total. The summed E-state index contributed by atoms with van der Waals surface area (Å²) in [4.78, 5) is 19.2. The molecule has 2 aromatic carbocycles. The van der Waals surface area contributed by atoms with Crippen LogP contribution in [0, 0.1) is 0 Å². The van der Waals surface area contributed by atoms with E-state index in [0.29, 0.717) is 41.1 Å². The van der Waals surface area contributed by atoms with Crippen molar-refractivity contribution in [1.82, 2.24) is 15.0 Å². The van der Waals surface area contributed by atoms with E-state index < -0.39 is 0 Å². The number of benzene rings is 2. The van der Waals surface area contributed by atoms with Crippen LogP contribution in [0.3, 0.4) is 0 Å². The molecular formula is C21H20ClN3O3. The number of methoxy groups -OCH3 is 1. The third-order valence-electron chi connectivity index (χ3n) is 4.92. The molecule has 1 aromatic heterocycles. The number of nitrogens with zero attached hydrogens (tertiary/aromatic N) is 3. The maximum atomic E-state index is 12.8. The van der Waals surface area contributed by atoms with E-state index in [4.69, 9.17) is 20.9 Å². The van der Waals surface area contributed by atoms with Crippen LogP contribution in [0.25, 0.3) is 11.5 Å². The van der Waals surface area contributed by atoms with Crippen LogP contribution in [-0.2, 0) is 0 Å². The first kappa shape index (κ1) is 18.5. The number of ether oxygens (including phenoxy) is 1. The highest BCUT2D eigenvalue weighted by Crippen LogP contribution is 2.31. The lowest BCUT2D eigenvalue weighted by Crippen LogP contribution is -2.39. The number of amides is 1. The van der Waals surface area contributed by atoms with Crippen molar-refractivity contribution in [3.8, 4) is 17.2 Å². The van der Waals surface area contributed by atoms with Crippen molar-refractivity contribution >= 4 is 17.5 Å². The topological polar surface area (TPSA) is 68.5 Å². The van der Waals surface area contributed by atoms with Gasteiger partial charge in [0.1, 0.15) is 5.75 Å². The molecule has 3 aromatic rings. The number of piperidine rings is 1. The molecule has 144 valence electrons. The zero-order valence-corrected chi connectivity index (χ0v) is 16.2. The summed E-state index contributed by atoms with van der Waals surface area (Å²) in [6, 6.07) is 14.5. The third kappa shape index (κ3) is 3.73. The van der Waals surface area contributed by atoms with Gasteiger partial charge in [-0.1, -0.05) is 35.0 Å². The van der Waals surface area contributed by atoms with Gasteiger partial charge in [-0.25, -0.2) is 0 Å². The minimum absolute atomic E-state index is 0.0272. The predicted octanol–water partition coefficient (Wildman–Crippen LogP) is 4.42. The molecule has 0 saturated carbocycles. The Kier molecular flexibility index (Phi) is 5.30. The fraction of sp³-hybridized carbons (Fsp3) is 0.286. The van der Waals surface area contributed by atoms with Gasteiger partial charge in [0.15, 0.2) is 5.82 Å². The summed E-state index contributed by atoms with van der Waals surface area (Å²) in [5, 5.41) is 4.73. The quantitative estimate of drug-likeness (QED) is 0.651. The van der Waals surface area contributed by atoms with Gasteiger partial charge in [-0.05, 0) is 43.2 Å². The number of halogens is 1. The fourth-order valence-corrected chi connectivity index (χ4v) is 3.70. The normalized spacial score (nSPS) is 16.8. The van der Waals surface area contributed by atoms with Gasteiger partial charge < -0.3 is 14.2 Å². The van der Waals surface area contributed by atoms with Gasteiger partial charge >= 0.3 is 0 Å². The van der Waals surface area contributed by atoms with Gasteiger partial charge in [-0.3, -0.25) is 4.79 Å². The van der Waals surface area contributed by atoms with Crippen molar-refractivity contribution in [1.29, 1.82) is 0 Å². The molecule has 1 unspecified atom stereocenters. The molecule has 1 saturated heterocycles. The molecule has 0 radical (unpaired) electrons. The SMILES string of the molecule is COc1ccccc1-c1nc(C2CCCN(C(=O)c3cccc(Cl)c3)C2)no1. The van der Waals surface area contributed by atoms with Gasteiger partial charge in [-0.15, -0.1) is 0 Å². The second-order valence-electron chi connectivity index (χ2n) is 6.76. The molecular weight excluding hydrogens is 378 g/mol. The molecule has 0 spiro atoms. The lowest BCUT2D eigenvalue weighted by atomic mass is 9.96. The smallest absolute Gasteiger partial charge is 0.261 e. The summed E-state index contributed by atoms with van der Waals surface area (Å²) >= 11 is 6.02. The summed E-state index contributed by atoms with van der Waals surface area (Å²) in [6.07, 6.45) is 1.79. The second-order valence-corrected chi connectivity index (χ2v) is 7.20. The molecule has 7 heteroatoms. The maximum absolute atomic E-state index is 12.8. The van der Waals surface area contributed by atoms with Gasteiger partial charge in [0.25, 0.3) is 11.8 Å². The second kappa shape index (κ2) is 8.02. The predicted molar refractivity (Wildman–Crippen MR) is 106 cm³/mol. The number of aromatic nitrogens is 2. The average molecular weight is 398 g/mol. The number of hydrogen-bond donors (Lipinski definition) is 0. The first-order valence-corrected chi connectivity index (χ1v) is 9.55. The molecule has 28 heavy (non-hydrogen) atoms. The van der Waals surface area contributed by atoms with Gasteiger partial charge in [0, 0.05) is 29.6 Å². The van der Waals surface area contributed by atoms with Crippen LogP contribution in [0.1, 0.15) is 34.9 Å². The van der Waals surface area contributed by atoms with Crippen molar-refractivity contribution in [2.75, 3.05) is 20.2 Å². The average Bonchev–Trinajstić information content (AvgIpc) is 3.23. The summed E-state index contributed by atoms with van der Waals surface area (Å²) in [5.74, 6) is 1.72. The number of likely N-dealkylation sites (tertiary alicyclic amines) is 1. The van der Waals surface area contributed by atoms with Crippen LogP contribution in [0.2, 0.25) is 5.02 Å². The zero-order valence-electron chi connectivity index (χ0n) is 15.5. The van der Waals surface area contributed by atoms with Crippen LogP contribution < -0.4 is 4.74 Å². The monoisotopic (exact) mass is 397 g/mol. The summed E-state index contributed by atoms with van der Waals surface area (Å²) < 4.78 is 10.9. The lowest BCUT2D eigenvalue weighted by Gasteiger charge is -2.31. The van der Waals surface area contributed by atoms with E-state index in [-0.39, 0.29) is 11.8 Å². The van der Waals surface area contributed by atoms with Crippen molar-refractivity contribution in [3.05, 3.63) is 64.9 Å². The van der Waals surface area contributed by atoms with Crippen molar-refractivity contribution in [2.45, 2.75) is 18.8 Å². The lowest BCUT2D eigenvalue weighted by molar-refractivity contribution is 0.0703. The Morgan fingerprint density at radius 1 is 1.25 bits per heavy atom. The van der Waals surface area contributed by atoms with Crippen LogP contribution in [0.5, 0.6) is 5.75 Å². The fourth-order valence-electron chi connectivity index (χ4n) is 3.51. The maximum Gasteiger partial charge on any atom is 0.261 e. The highest BCUT2D eigenvalue weighted by atomic mass is 35.5. The number of carbonyl (C=O) groups excluding carboxylic acids is 1. The third-order valence-corrected chi connectivity index (χ3v) is 5.16. The summed E-state index contributed by atoms with van der Waals surface area (Å²) in [7, 11) is 1.61. The molecule has 1 atom stereocenters.